The molecule has 0 atom stereocenters. The highest BCUT2D eigenvalue weighted by atomic mass is 16.3. The molecule has 0 aliphatic carbocycles. The van der Waals surface area contributed by atoms with Gasteiger partial charge in [-0.05, 0) is 12.5 Å². The highest BCUT2D eigenvalue weighted by Gasteiger charge is 2.15. The Morgan fingerprint density at radius 3 is 3.17 bits per heavy atom. The van der Waals surface area contributed by atoms with Crippen LogP contribution in [0.25, 0.3) is 0 Å². The Morgan fingerprint density at radius 2 is 2.44 bits per heavy atom. The fraction of sp³-hybridized carbons (Fsp3) is 0.333. The van der Waals surface area contributed by atoms with E-state index in [0.717, 1.165) is 24.2 Å². The molecule has 0 aliphatic rings. The van der Waals surface area contributed by atoms with Gasteiger partial charge in [-0.1, -0.05) is 6.92 Å². The van der Waals surface area contributed by atoms with Gasteiger partial charge < -0.3 is 8.98 Å². The van der Waals surface area contributed by atoms with Crippen molar-refractivity contribution in [3.63, 3.8) is 0 Å². The summed E-state index contributed by atoms with van der Waals surface area (Å²) >= 11 is 0. The van der Waals surface area contributed by atoms with Crippen LogP contribution in [0.1, 0.15) is 35.3 Å². The molecule has 0 saturated carbocycles. The molecule has 0 bridgehead atoms. The predicted octanol–water partition coefficient (Wildman–Crippen LogP) is 1.08. The standard InChI is InChI=1S/C12H16N4O2/c1-2-3-10-14-5-6-16(10)8-9-4-7-18-11(9)12(17)15-13/h4-7H,2-3,8,13H2,1H3,(H,15,17). The lowest BCUT2D eigenvalue weighted by molar-refractivity contribution is 0.0924. The topological polar surface area (TPSA) is 86.1 Å². The Balaban J connectivity index is 2.21. The summed E-state index contributed by atoms with van der Waals surface area (Å²) < 4.78 is 7.14. The largest absolute Gasteiger partial charge is 0.459 e. The van der Waals surface area contributed by atoms with Gasteiger partial charge in [-0.25, -0.2) is 10.8 Å². The van der Waals surface area contributed by atoms with Crippen LogP contribution in [0.4, 0.5) is 0 Å². The highest BCUT2D eigenvalue weighted by Crippen LogP contribution is 2.13. The lowest BCUT2D eigenvalue weighted by Gasteiger charge is -2.06. The first-order valence-electron chi connectivity index (χ1n) is 5.83. The molecule has 0 aromatic carbocycles. The third kappa shape index (κ3) is 2.43. The number of aryl methyl sites for hydroxylation is 1. The van der Waals surface area contributed by atoms with Crippen molar-refractivity contribution in [3.8, 4) is 0 Å². The molecule has 0 unspecified atom stereocenters. The van der Waals surface area contributed by atoms with Crippen LogP contribution in [0.5, 0.6) is 0 Å². The number of nitrogen functional groups attached to an aromatic ring is 1. The van der Waals surface area contributed by atoms with Crippen LogP contribution in [0.3, 0.4) is 0 Å². The van der Waals surface area contributed by atoms with Gasteiger partial charge in [0.1, 0.15) is 5.82 Å². The van der Waals surface area contributed by atoms with E-state index in [1.807, 2.05) is 10.8 Å². The van der Waals surface area contributed by atoms with Crippen molar-refractivity contribution in [2.75, 3.05) is 0 Å². The Labute approximate surface area is 105 Å². The number of imidazole rings is 1. The van der Waals surface area contributed by atoms with Crippen LogP contribution in [-0.2, 0) is 13.0 Å². The number of amides is 1. The summed E-state index contributed by atoms with van der Waals surface area (Å²) in [5.74, 6) is 5.92. The summed E-state index contributed by atoms with van der Waals surface area (Å²) in [5.41, 5.74) is 2.86. The monoisotopic (exact) mass is 248 g/mol. The molecular formula is C12H16N4O2. The highest BCUT2D eigenvalue weighted by molar-refractivity contribution is 5.92. The molecule has 0 saturated heterocycles. The zero-order valence-corrected chi connectivity index (χ0v) is 10.2. The molecule has 2 aromatic heterocycles. The number of aromatic nitrogens is 2. The zero-order chi connectivity index (χ0) is 13.0. The third-order valence-corrected chi connectivity index (χ3v) is 2.70. The van der Waals surface area contributed by atoms with Crippen LogP contribution in [-0.4, -0.2) is 15.5 Å². The molecule has 6 heteroatoms. The SMILES string of the molecule is CCCc1nccn1Cc1ccoc1C(=O)NN. The van der Waals surface area contributed by atoms with Gasteiger partial charge in [0.05, 0.1) is 12.8 Å². The summed E-state index contributed by atoms with van der Waals surface area (Å²) in [6.45, 7) is 2.65. The number of nitrogens with one attached hydrogen (secondary N) is 1. The van der Waals surface area contributed by atoms with E-state index >= 15 is 0 Å². The molecule has 18 heavy (non-hydrogen) atoms. The van der Waals surface area contributed by atoms with E-state index in [0.29, 0.717) is 6.54 Å². The smallest absolute Gasteiger partial charge is 0.301 e. The van der Waals surface area contributed by atoms with E-state index in [-0.39, 0.29) is 5.76 Å². The number of hydrogen-bond donors (Lipinski definition) is 2. The van der Waals surface area contributed by atoms with Crippen molar-refractivity contribution in [3.05, 3.63) is 41.9 Å². The average Bonchev–Trinajstić information content (AvgIpc) is 3.00. The number of furan rings is 1. The molecular weight excluding hydrogens is 232 g/mol. The molecule has 0 aliphatic heterocycles. The minimum atomic E-state index is -0.424. The maximum Gasteiger partial charge on any atom is 0.301 e. The minimum Gasteiger partial charge on any atom is -0.459 e. The van der Waals surface area contributed by atoms with Gasteiger partial charge in [0, 0.05) is 24.4 Å². The number of carbonyl (C=O) groups is 1. The summed E-state index contributed by atoms with van der Waals surface area (Å²) in [4.78, 5) is 15.8. The van der Waals surface area contributed by atoms with Crippen LogP contribution < -0.4 is 11.3 Å². The second kappa shape index (κ2) is 5.50. The Bertz CT molecular complexity index is 530. The average molecular weight is 248 g/mol. The van der Waals surface area contributed by atoms with Crippen molar-refractivity contribution < 1.29 is 9.21 Å². The van der Waals surface area contributed by atoms with E-state index in [9.17, 15) is 4.79 Å². The third-order valence-electron chi connectivity index (χ3n) is 2.70. The van der Waals surface area contributed by atoms with Gasteiger partial charge in [0.15, 0.2) is 5.76 Å². The lowest BCUT2D eigenvalue weighted by Crippen LogP contribution is -2.30. The molecule has 96 valence electrons. The first kappa shape index (κ1) is 12.4. The number of hydrogen-bond acceptors (Lipinski definition) is 4. The van der Waals surface area contributed by atoms with Gasteiger partial charge in [-0.3, -0.25) is 10.2 Å². The van der Waals surface area contributed by atoms with Crippen LogP contribution in [0, 0.1) is 0 Å². The van der Waals surface area contributed by atoms with Gasteiger partial charge >= 0.3 is 5.91 Å². The maximum atomic E-state index is 11.5. The predicted molar refractivity (Wildman–Crippen MR) is 65.7 cm³/mol. The second-order valence-electron chi connectivity index (χ2n) is 3.97. The normalized spacial score (nSPS) is 10.6. The van der Waals surface area contributed by atoms with Gasteiger partial charge in [0.2, 0.25) is 0 Å². The molecule has 1 amide bonds. The molecule has 2 aromatic rings. The fourth-order valence-electron chi connectivity index (χ4n) is 1.84. The first-order chi connectivity index (χ1) is 8.76. The molecule has 0 fully saturated rings. The number of hydrazine groups is 1. The lowest BCUT2D eigenvalue weighted by atomic mass is 10.2. The minimum absolute atomic E-state index is 0.244. The number of nitrogens with two attached hydrogens (primary N) is 1. The molecule has 0 radical (unpaired) electrons. The van der Waals surface area contributed by atoms with Crippen molar-refractivity contribution in [2.45, 2.75) is 26.3 Å². The van der Waals surface area contributed by atoms with Gasteiger partial charge in [-0.15, -0.1) is 0 Å². The Morgan fingerprint density at radius 1 is 1.61 bits per heavy atom. The first-order valence-corrected chi connectivity index (χ1v) is 5.83. The van der Waals surface area contributed by atoms with Crippen LogP contribution in [0.15, 0.2) is 29.1 Å². The van der Waals surface area contributed by atoms with E-state index in [1.54, 1.807) is 12.3 Å². The number of nitrogens with zero attached hydrogens (tertiary/aromatic N) is 2. The van der Waals surface area contributed by atoms with E-state index in [2.05, 4.69) is 17.3 Å². The van der Waals surface area contributed by atoms with E-state index in [4.69, 9.17) is 10.3 Å². The Kier molecular flexibility index (Phi) is 3.78. The second-order valence-corrected chi connectivity index (χ2v) is 3.97. The molecule has 2 rings (SSSR count). The quantitative estimate of drug-likeness (QED) is 0.471. The van der Waals surface area contributed by atoms with Crippen molar-refractivity contribution in [1.82, 2.24) is 15.0 Å². The fourth-order valence-corrected chi connectivity index (χ4v) is 1.84. The van der Waals surface area contributed by atoms with Crippen LogP contribution >= 0.6 is 0 Å². The molecule has 0 spiro atoms. The molecule has 2 heterocycles. The van der Waals surface area contributed by atoms with Crippen molar-refractivity contribution in [2.24, 2.45) is 5.84 Å². The summed E-state index contributed by atoms with van der Waals surface area (Å²) in [6.07, 6.45) is 7.06. The summed E-state index contributed by atoms with van der Waals surface area (Å²) in [6, 6.07) is 1.76. The summed E-state index contributed by atoms with van der Waals surface area (Å²) in [7, 11) is 0. The summed E-state index contributed by atoms with van der Waals surface area (Å²) in [5, 5.41) is 0. The number of rotatable bonds is 5. The van der Waals surface area contributed by atoms with E-state index in [1.165, 1.54) is 6.26 Å². The number of carbonyl (C=O) groups excluding carboxylic acids is 1. The Hall–Kier alpha value is -2.08. The van der Waals surface area contributed by atoms with Crippen molar-refractivity contribution >= 4 is 5.91 Å². The van der Waals surface area contributed by atoms with Crippen LogP contribution in [0.2, 0.25) is 0 Å². The molecule has 3 N–H and O–H groups in total. The van der Waals surface area contributed by atoms with Gasteiger partial charge in [0.25, 0.3) is 0 Å². The zero-order valence-electron chi connectivity index (χ0n) is 10.2. The molecule has 6 nitrogen and oxygen atoms in total. The maximum absolute atomic E-state index is 11.5. The van der Waals surface area contributed by atoms with E-state index < -0.39 is 5.91 Å². The van der Waals surface area contributed by atoms with Crippen molar-refractivity contribution in [1.29, 1.82) is 0 Å². The van der Waals surface area contributed by atoms with Gasteiger partial charge in [-0.2, -0.15) is 0 Å².